The first-order chi connectivity index (χ1) is 6.77. The standard InChI is InChI=1S/C9H12N2O.C2H6/c1-7-5-9-8(6-10-7)11(2)3-4-12-9;1-2/h5-6H,3-4H2,1-2H3;1-2H3. The van der Waals surface area contributed by atoms with Crippen LogP contribution in [0.5, 0.6) is 5.75 Å². The molecule has 0 amide bonds. The fourth-order valence-electron chi connectivity index (χ4n) is 1.34. The molecule has 1 aromatic heterocycles. The van der Waals surface area contributed by atoms with Crippen molar-refractivity contribution in [3.63, 3.8) is 0 Å². The molecule has 0 saturated heterocycles. The van der Waals surface area contributed by atoms with Crippen molar-refractivity contribution in [2.24, 2.45) is 0 Å². The average Bonchev–Trinajstić information content (AvgIpc) is 2.21. The zero-order valence-electron chi connectivity index (χ0n) is 9.37. The highest BCUT2D eigenvalue weighted by Crippen LogP contribution is 2.29. The number of anilines is 1. The molecule has 0 fully saturated rings. The van der Waals surface area contributed by atoms with E-state index in [-0.39, 0.29) is 0 Å². The van der Waals surface area contributed by atoms with E-state index in [9.17, 15) is 0 Å². The van der Waals surface area contributed by atoms with Gasteiger partial charge in [-0.25, -0.2) is 0 Å². The molecule has 0 unspecified atom stereocenters. The second-order valence-electron chi connectivity index (χ2n) is 3.06. The van der Waals surface area contributed by atoms with Crippen molar-refractivity contribution in [2.45, 2.75) is 20.8 Å². The van der Waals surface area contributed by atoms with Crippen molar-refractivity contribution in [3.8, 4) is 5.75 Å². The third-order valence-electron chi connectivity index (χ3n) is 2.08. The molecular formula is C11H18N2O. The van der Waals surface area contributed by atoms with Crippen LogP contribution in [0.25, 0.3) is 0 Å². The van der Waals surface area contributed by atoms with Crippen LogP contribution in [0.15, 0.2) is 12.3 Å². The second kappa shape index (κ2) is 4.84. The maximum Gasteiger partial charge on any atom is 0.146 e. The lowest BCUT2D eigenvalue weighted by Crippen LogP contribution is -2.28. The molecule has 0 N–H and O–H groups in total. The zero-order valence-corrected chi connectivity index (χ0v) is 9.37. The van der Waals surface area contributed by atoms with Crippen molar-refractivity contribution in [1.29, 1.82) is 0 Å². The van der Waals surface area contributed by atoms with Crippen LogP contribution in [0, 0.1) is 6.92 Å². The van der Waals surface area contributed by atoms with Gasteiger partial charge in [-0.15, -0.1) is 0 Å². The molecule has 2 rings (SSSR count). The number of rotatable bonds is 0. The first kappa shape index (κ1) is 10.8. The van der Waals surface area contributed by atoms with E-state index in [0.29, 0.717) is 0 Å². The molecule has 0 atom stereocenters. The summed E-state index contributed by atoms with van der Waals surface area (Å²) < 4.78 is 5.49. The quantitative estimate of drug-likeness (QED) is 0.633. The number of ether oxygens (including phenoxy) is 1. The highest BCUT2D eigenvalue weighted by atomic mass is 16.5. The molecule has 0 spiro atoms. The van der Waals surface area contributed by atoms with Gasteiger partial charge >= 0.3 is 0 Å². The summed E-state index contributed by atoms with van der Waals surface area (Å²) in [6.45, 7) is 7.68. The lowest BCUT2D eigenvalue weighted by atomic mass is 10.3. The van der Waals surface area contributed by atoms with Gasteiger partial charge in [-0.1, -0.05) is 13.8 Å². The minimum atomic E-state index is 0.771. The summed E-state index contributed by atoms with van der Waals surface area (Å²) in [7, 11) is 2.05. The van der Waals surface area contributed by atoms with Crippen molar-refractivity contribution in [2.75, 3.05) is 25.1 Å². The van der Waals surface area contributed by atoms with Crippen molar-refractivity contribution in [3.05, 3.63) is 18.0 Å². The maximum atomic E-state index is 5.49. The maximum absolute atomic E-state index is 5.49. The van der Waals surface area contributed by atoms with E-state index < -0.39 is 0 Å². The third kappa shape index (κ3) is 2.16. The van der Waals surface area contributed by atoms with Gasteiger partial charge in [-0.3, -0.25) is 4.98 Å². The Labute approximate surface area is 85.7 Å². The number of aryl methyl sites for hydroxylation is 1. The lowest BCUT2D eigenvalue weighted by molar-refractivity contribution is 0.310. The third-order valence-corrected chi connectivity index (χ3v) is 2.08. The fourth-order valence-corrected chi connectivity index (χ4v) is 1.34. The van der Waals surface area contributed by atoms with Gasteiger partial charge in [0.15, 0.2) is 0 Å². The van der Waals surface area contributed by atoms with Gasteiger partial charge in [0.2, 0.25) is 0 Å². The molecule has 0 aliphatic carbocycles. The van der Waals surface area contributed by atoms with Gasteiger partial charge in [-0.2, -0.15) is 0 Å². The predicted octanol–water partition coefficient (Wildman–Crippen LogP) is 2.24. The van der Waals surface area contributed by atoms with E-state index >= 15 is 0 Å². The topological polar surface area (TPSA) is 25.4 Å². The van der Waals surface area contributed by atoms with Crippen molar-refractivity contribution >= 4 is 5.69 Å². The first-order valence-corrected chi connectivity index (χ1v) is 5.08. The number of nitrogens with zero attached hydrogens (tertiary/aromatic N) is 2. The summed E-state index contributed by atoms with van der Waals surface area (Å²) in [5.41, 5.74) is 2.09. The minimum Gasteiger partial charge on any atom is -0.489 e. The van der Waals surface area contributed by atoms with E-state index in [2.05, 4.69) is 16.9 Å². The Morgan fingerprint density at radius 1 is 1.43 bits per heavy atom. The number of aromatic nitrogens is 1. The van der Waals surface area contributed by atoms with E-state index in [1.165, 1.54) is 0 Å². The van der Waals surface area contributed by atoms with Gasteiger partial charge in [0.1, 0.15) is 12.4 Å². The summed E-state index contributed by atoms with van der Waals surface area (Å²) in [5, 5.41) is 0. The zero-order chi connectivity index (χ0) is 10.6. The van der Waals surface area contributed by atoms with Crippen LogP contribution in [0.1, 0.15) is 19.5 Å². The molecule has 3 heteroatoms. The molecule has 0 saturated carbocycles. The van der Waals surface area contributed by atoms with Crippen LogP contribution < -0.4 is 9.64 Å². The number of hydrogen-bond acceptors (Lipinski definition) is 3. The number of pyridine rings is 1. The van der Waals surface area contributed by atoms with Gasteiger partial charge in [-0.05, 0) is 6.92 Å². The van der Waals surface area contributed by atoms with Crippen LogP contribution in [0.3, 0.4) is 0 Å². The monoisotopic (exact) mass is 194 g/mol. The van der Waals surface area contributed by atoms with Gasteiger partial charge in [0.25, 0.3) is 0 Å². The smallest absolute Gasteiger partial charge is 0.146 e. The summed E-state index contributed by atoms with van der Waals surface area (Å²) in [6, 6.07) is 1.98. The number of fused-ring (bicyclic) bond motifs is 1. The molecule has 1 aliphatic rings. The Balaban J connectivity index is 0.000000461. The highest BCUT2D eigenvalue weighted by molar-refractivity contribution is 5.58. The van der Waals surface area contributed by atoms with Gasteiger partial charge < -0.3 is 9.64 Å². The van der Waals surface area contributed by atoms with Crippen LogP contribution in [-0.4, -0.2) is 25.2 Å². The van der Waals surface area contributed by atoms with E-state index in [0.717, 1.165) is 30.3 Å². The Bertz CT molecular complexity index is 299. The normalized spacial score (nSPS) is 13.6. The molecular weight excluding hydrogens is 176 g/mol. The molecule has 1 aromatic rings. The Morgan fingerprint density at radius 2 is 2.14 bits per heavy atom. The van der Waals surface area contributed by atoms with Crippen LogP contribution >= 0.6 is 0 Å². The summed E-state index contributed by atoms with van der Waals surface area (Å²) in [6.07, 6.45) is 1.86. The summed E-state index contributed by atoms with van der Waals surface area (Å²) >= 11 is 0. The molecule has 0 aromatic carbocycles. The first-order valence-electron chi connectivity index (χ1n) is 5.08. The summed E-state index contributed by atoms with van der Waals surface area (Å²) in [4.78, 5) is 6.38. The van der Waals surface area contributed by atoms with E-state index in [1.807, 2.05) is 33.0 Å². The summed E-state index contributed by atoms with van der Waals surface area (Å²) in [5.74, 6) is 0.955. The van der Waals surface area contributed by atoms with Crippen LogP contribution in [0.2, 0.25) is 0 Å². The minimum absolute atomic E-state index is 0.771. The van der Waals surface area contributed by atoms with Crippen molar-refractivity contribution < 1.29 is 4.74 Å². The molecule has 1 aliphatic heterocycles. The van der Waals surface area contributed by atoms with E-state index in [4.69, 9.17) is 4.74 Å². The molecule has 14 heavy (non-hydrogen) atoms. The Hall–Kier alpha value is -1.25. The lowest BCUT2D eigenvalue weighted by Gasteiger charge is -2.27. The fraction of sp³-hybridized carbons (Fsp3) is 0.545. The SMILES string of the molecule is CC.Cc1cc2c(cn1)N(C)CCO2. The van der Waals surface area contributed by atoms with Crippen LogP contribution in [-0.2, 0) is 0 Å². The molecule has 78 valence electrons. The molecule has 0 bridgehead atoms. The van der Waals surface area contributed by atoms with E-state index in [1.54, 1.807) is 0 Å². The highest BCUT2D eigenvalue weighted by Gasteiger charge is 2.14. The number of hydrogen-bond donors (Lipinski definition) is 0. The Morgan fingerprint density at radius 3 is 2.86 bits per heavy atom. The molecule has 0 radical (unpaired) electrons. The van der Waals surface area contributed by atoms with Crippen molar-refractivity contribution in [1.82, 2.24) is 4.98 Å². The second-order valence-corrected chi connectivity index (χ2v) is 3.06. The molecule has 2 heterocycles. The molecule has 3 nitrogen and oxygen atoms in total. The number of likely N-dealkylation sites (N-methyl/N-ethyl adjacent to an activating group) is 1. The largest absolute Gasteiger partial charge is 0.489 e. The van der Waals surface area contributed by atoms with Crippen LogP contribution in [0.4, 0.5) is 5.69 Å². The Kier molecular flexibility index (Phi) is 3.74. The van der Waals surface area contributed by atoms with Gasteiger partial charge in [0, 0.05) is 18.8 Å². The average molecular weight is 194 g/mol. The van der Waals surface area contributed by atoms with Gasteiger partial charge in [0.05, 0.1) is 18.4 Å². The predicted molar refractivity (Wildman–Crippen MR) is 59.1 cm³/mol.